The van der Waals surface area contributed by atoms with Gasteiger partial charge in [0.2, 0.25) is 0 Å². The summed E-state index contributed by atoms with van der Waals surface area (Å²) >= 11 is 8.37. The van der Waals surface area contributed by atoms with Gasteiger partial charge in [-0.2, -0.15) is 0 Å². The molecule has 0 saturated heterocycles. The first-order valence-corrected chi connectivity index (χ1v) is 6.79. The van der Waals surface area contributed by atoms with E-state index in [9.17, 15) is 5.11 Å². The second kappa shape index (κ2) is 5.04. The molecule has 17 heavy (non-hydrogen) atoms. The van der Waals surface area contributed by atoms with E-state index in [1.807, 2.05) is 13.0 Å². The lowest BCUT2D eigenvalue weighted by Gasteiger charge is -2.09. The molecule has 1 aromatic carbocycles. The molecule has 2 rings (SSSR count). The van der Waals surface area contributed by atoms with Crippen molar-refractivity contribution >= 4 is 48.7 Å². The van der Waals surface area contributed by atoms with Gasteiger partial charge in [0.1, 0.15) is 12.1 Å². The first-order valence-electron chi connectivity index (χ1n) is 4.76. The Balaban J connectivity index is 2.69. The number of hydrogen-bond acceptors (Lipinski definition) is 3. The molecule has 6 heteroatoms. The smallest absolute Gasteiger partial charge is 0.123 e. The number of phenols is 1. The molecule has 1 atom stereocenters. The SMILES string of the molecule is Cc1ncnc(-c2cc(O)c(P)cc2I)c1Cl. The van der Waals surface area contributed by atoms with E-state index in [1.54, 1.807) is 6.07 Å². The van der Waals surface area contributed by atoms with Gasteiger partial charge in [-0.25, -0.2) is 9.97 Å². The Morgan fingerprint density at radius 2 is 2.06 bits per heavy atom. The first-order chi connectivity index (χ1) is 8.00. The summed E-state index contributed by atoms with van der Waals surface area (Å²) in [5.41, 5.74) is 2.18. The van der Waals surface area contributed by atoms with E-state index >= 15 is 0 Å². The van der Waals surface area contributed by atoms with Crippen LogP contribution in [0.4, 0.5) is 0 Å². The van der Waals surface area contributed by atoms with Crippen LogP contribution in [0.5, 0.6) is 5.75 Å². The summed E-state index contributed by atoms with van der Waals surface area (Å²) in [7, 11) is 2.48. The van der Waals surface area contributed by atoms with Crippen molar-refractivity contribution in [2.24, 2.45) is 0 Å². The summed E-state index contributed by atoms with van der Waals surface area (Å²) in [4.78, 5) is 8.20. The molecule has 88 valence electrons. The fraction of sp³-hybridized carbons (Fsp3) is 0.0909. The number of nitrogens with zero attached hydrogens (tertiary/aromatic N) is 2. The van der Waals surface area contributed by atoms with Crippen molar-refractivity contribution in [1.29, 1.82) is 0 Å². The predicted octanol–water partition coefficient (Wildman–Crippen LogP) is 2.92. The van der Waals surface area contributed by atoms with Gasteiger partial charge in [0, 0.05) is 14.4 Å². The minimum Gasteiger partial charge on any atom is -0.507 e. The maximum atomic E-state index is 9.74. The standard InChI is InChI=1S/C11H9ClIN2OP/c1-5-10(12)11(15-4-14-5)6-2-8(16)9(17)3-7(6)13/h2-4,16H,17H2,1H3. The van der Waals surface area contributed by atoms with Gasteiger partial charge in [-0.05, 0) is 41.6 Å². The van der Waals surface area contributed by atoms with Gasteiger partial charge in [-0.3, -0.25) is 0 Å². The van der Waals surface area contributed by atoms with Crippen LogP contribution >= 0.6 is 43.4 Å². The van der Waals surface area contributed by atoms with Crippen molar-refractivity contribution in [3.63, 3.8) is 0 Å². The van der Waals surface area contributed by atoms with Crippen LogP contribution in [0.25, 0.3) is 11.3 Å². The van der Waals surface area contributed by atoms with Crippen LogP contribution < -0.4 is 5.30 Å². The molecule has 1 unspecified atom stereocenters. The minimum absolute atomic E-state index is 0.206. The van der Waals surface area contributed by atoms with Crippen LogP contribution in [0.15, 0.2) is 18.5 Å². The highest BCUT2D eigenvalue weighted by Gasteiger charge is 2.13. The molecule has 0 bridgehead atoms. The van der Waals surface area contributed by atoms with E-state index in [2.05, 4.69) is 41.8 Å². The number of phenolic OH excluding ortho intramolecular Hbond substituents is 1. The number of halogens is 2. The van der Waals surface area contributed by atoms with Crippen molar-refractivity contribution in [1.82, 2.24) is 9.97 Å². The second-order valence-corrected chi connectivity index (χ2v) is 5.67. The highest BCUT2D eigenvalue weighted by molar-refractivity contribution is 14.1. The van der Waals surface area contributed by atoms with E-state index in [0.717, 1.165) is 20.1 Å². The van der Waals surface area contributed by atoms with Crippen LogP contribution in [-0.4, -0.2) is 15.1 Å². The van der Waals surface area contributed by atoms with Crippen molar-refractivity contribution < 1.29 is 5.11 Å². The summed E-state index contributed by atoms with van der Waals surface area (Å²) in [6.45, 7) is 1.82. The topological polar surface area (TPSA) is 46.0 Å². The van der Waals surface area contributed by atoms with Crippen molar-refractivity contribution in [2.45, 2.75) is 6.92 Å². The molecule has 1 heterocycles. The predicted molar refractivity (Wildman–Crippen MR) is 80.9 cm³/mol. The van der Waals surface area contributed by atoms with Crippen molar-refractivity contribution in [2.75, 3.05) is 0 Å². The maximum Gasteiger partial charge on any atom is 0.123 e. The lowest BCUT2D eigenvalue weighted by atomic mass is 10.1. The van der Waals surface area contributed by atoms with Crippen molar-refractivity contribution in [3.05, 3.63) is 32.7 Å². The number of hydrogen-bond donors (Lipinski definition) is 1. The third-order valence-electron chi connectivity index (χ3n) is 2.34. The number of rotatable bonds is 1. The Bertz CT molecular complexity index is 592. The average Bonchev–Trinajstić information content (AvgIpc) is 2.28. The second-order valence-electron chi connectivity index (χ2n) is 3.51. The molecule has 0 aliphatic rings. The van der Waals surface area contributed by atoms with Crippen LogP contribution in [0.2, 0.25) is 5.02 Å². The Kier molecular flexibility index (Phi) is 3.85. The zero-order valence-corrected chi connectivity index (χ0v) is 13.0. The van der Waals surface area contributed by atoms with Crippen LogP contribution in [0, 0.1) is 10.5 Å². The summed E-state index contributed by atoms with van der Waals surface area (Å²) in [6, 6.07) is 3.53. The Morgan fingerprint density at radius 3 is 2.76 bits per heavy atom. The Labute approximate surface area is 120 Å². The highest BCUT2D eigenvalue weighted by Crippen LogP contribution is 2.32. The van der Waals surface area contributed by atoms with Gasteiger partial charge >= 0.3 is 0 Å². The van der Waals surface area contributed by atoms with E-state index in [0.29, 0.717) is 10.7 Å². The number of aromatic nitrogens is 2. The summed E-state index contributed by atoms with van der Waals surface area (Å²) in [5, 5.41) is 11.0. The molecule has 0 saturated carbocycles. The van der Waals surface area contributed by atoms with Crippen LogP contribution in [0.3, 0.4) is 0 Å². The quantitative estimate of drug-likeness (QED) is 0.613. The van der Waals surface area contributed by atoms with E-state index in [-0.39, 0.29) is 5.75 Å². The number of aryl methyl sites for hydroxylation is 1. The van der Waals surface area contributed by atoms with Crippen LogP contribution in [-0.2, 0) is 0 Å². The molecule has 0 aliphatic carbocycles. The monoisotopic (exact) mass is 378 g/mol. The fourth-order valence-electron chi connectivity index (χ4n) is 1.40. The summed E-state index contributed by atoms with van der Waals surface area (Å²) in [6.07, 6.45) is 1.47. The molecule has 0 amide bonds. The summed E-state index contributed by atoms with van der Waals surface area (Å²) < 4.78 is 0.977. The van der Waals surface area contributed by atoms with Crippen LogP contribution in [0.1, 0.15) is 5.69 Å². The van der Waals surface area contributed by atoms with Gasteiger partial charge in [0.25, 0.3) is 0 Å². The minimum atomic E-state index is 0.206. The molecular weight excluding hydrogens is 369 g/mol. The normalized spacial score (nSPS) is 10.6. The Hall–Kier alpha value is -0.450. The summed E-state index contributed by atoms with van der Waals surface area (Å²) in [5.74, 6) is 0.206. The van der Waals surface area contributed by atoms with Gasteiger partial charge in [-0.15, -0.1) is 9.24 Å². The highest BCUT2D eigenvalue weighted by atomic mass is 127. The molecule has 0 aliphatic heterocycles. The number of aromatic hydroxyl groups is 1. The van der Waals surface area contributed by atoms with E-state index in [1.165, 1.54) is 6.33 Å². The lowest BCUT2D eigenvalue weighted by Crippen LogP contribution is -1.98. The zero-order valence-electron chi connectivity index (χ0n) is 8.91. The molecule has 2 aromatic rings. The first kappa shape index (κ1) is 13.0. The van der Waals surface area contributed by atoms with Gasteiger partial charge in [0.05, 0.1) is 16.4 Å². The molecule has 1 N–H and O–H groups in total. The van der Waals surface area contributed by atoms with E-state index < -0.39 is 0 Å². The largest absolute Gasteiger partial charge is 0.507 e. The fourth-order valence-corrected chi connectivity index (χ4v) is 2.94. The lowest BCUT2D eigenvalue weighted by molar-refractivity contribution is 0.480. The van der Waals surface area contributed by atoms with Crippen molar-refractivity contribution in [3.8, 4) is 17.0 Å². The number of benzene rings is 1. The maximum absolute atomic E-state index is 9.74. The van der Waals surface area contributed by atoms with E-state index in [4.69, 9.17) is 11.6 Å². The third kappa shape index (κ3) is 2.54. The molecule has 0 fully saturated rings. The average molecular weight is 379 g/mol. The molecule has 0 spiro atoms. The molecule has 1 aromatic heterocycles. The van der Waals surface area contributed by atoms with Gasteiger partial charge < -0.3 is 5.11 Å². The van der Waals surface area contributed by atoms with Gasteiger partial charge in [-0.1, -0.05) is 11.6 Å². The zero-order chi connectivity index (χ0) is 12.6. The van der Waals surface area contributed by atoms with Gasteiger partial charge in [0.15, 0.2) is 0 Å². The molecular formula is C11H9ClIN2OP. The Morgan fingerprint density at radius 1 is 1.35 bits per heavy atom. The third-order valence-corrected chi connectivity index (χ3v) is 4.14. The molecule has 0 radical (unpaired) electrons. The molecule has 3 nitrogen and oxygen atoms in total.